The average molecular weight is 305 g/mol. The van der Waals surface area contributed by atoms with Crippen molar-refractivity contribution in [3.63, 3.8) is 0 Å². The molecule has 2 heterocycles. The van der Waals surface area contributed by atoms with Crippen molar-refractivity contribution in [3.8, 4) is 0 Å². The summed E-state index contributed by atoms with van der Waals surface area (Å²) in [5, 5.41) is 0. The maximum Gasteiger partial charge on any atom is 0.339 e. The zero-order valence-corrected chi connectivity index (χ0v) is 13.5. The number of ether oxygens (including phenoxy) is 1. The van der Waals surface area contributed by atoms with Gasteiger partial charge in [-0.2, -0.15) is 0 Å². The van der Waals surface area contributed by atoms with Gasteiger partial charge in [0.1, 0.15) is 5.82 Å². The lowest BCUT2D eigenvalue weighted by atomic mass is 10.2. The fourth-order valence-electron chi connectivity index (χ4n) is 2.67. The van der Waals surface area contributed by atoms with Gasteiger partial charge in [-0.1, -0.05) is 6.92 Å². The summed E-state index contributed by atoms with van der Waals surface area (Å²) in [5.74, 6) is 0.477. The Morgan fingerprint density at radius 2 is 2.14 bits per heavy atom. The van der Waals surface area contributed by atoms with Crippen molar-refractivity contribution >= 4 is 17.7 Å². The lowest BCUT2D eigenvalue weighted by Gasteiger charge is -2.22. The molecule has 0 spiro atoms. The van der Waals surface area contributed by atoms with Crippen molar-refractivity contribution in [1.82, 2.24) is 9.88 Å². The van der Waals surface area contributed by atoms with E-state index in [1.807, 2.05) is 9.80 Å². The highest BCUT2D eigenvalue weighted by Gasteiger charge is 2.22. The molecule has 1 aliphatic heterocycles. The number of aromatic nitrogens is 1. The number of aryl methyl sites for hydroxylation is 1. The molecule has 1 aromatic heterocycles. The molecule has 0 atom stereocenters. The number of nitrogens with zero attached hydrogens (tertiary/aromatic N) is 3. The largest absolute Gasteiger partial charge is 0.465 e. The molecule has 0 bridgehead atoms. The van der Waals surface area contributed by atoms with Crippen LogP contribution >= 0.6 is 0 Å². The van der Waals surface area contributed by atoms with Gasteiger partial charge in [0.05, 0.1) is 24.9 Å². The van der Waals surface area contributed by atoms with Crippen LogP contribution in [0.2, 0.25) is 0 Å². The van der Waals surface area contributed by atoms with Gasteiger partial charge in [0.2, 0.25) is 5.91 Å². The van der Waals surface area contributed by atoms with Crippen LogP contribution in [0.15, 0.2) is 12.1 Å². The van der Waals surface area contributed by atoms with E-state index in [9.17, 15) is 9.59 Å². The summed E-state index contributed by atoms with van der Waals surface area (Å²) in [4.78, 5) is 32.2. The molecule has 2 rings (SSSR count). The van der Waals surface area contributed by atoms with Gasteiger partial charge < -0.3 is 14.5 Å². The third-order valence-corrected chi connectivity index (χ3v) is 3.83. The number of carbonyl (C=O) groups is 2. The maximum absolute atomic E-state index is 12.3. The second kappa shape index (κ2) is 7.24. The van der Waals surface area contributed by atoms with E-state index in [2.05, 4.69) is 11.9 Å². The monoisotopic (exact) mass is 305 g/mol. The zero-order chi connectivity index (χ0) is 16.1. The molecule has 0 aromatic carbocycles. The molecule has 22 heavy (non-hydrogen) atoms. The van der Waals surface area contributed by atoms with Crippen molar-refractivity contribution in [2.75, 3.05) is 38.2 Å². The number of carbonyl (C=O) groups excluding carboxylic acids is 2. The number of methoxy groups -OCH3 is 1. The molecule has 1 aromatic rings. The third-order valence-electron chi connectivity index (χ3n) is 3.83. The van der Waals surface area contributed by atoms with Crippen LogP contribution in [-0.2, 0) is 9.53 Å². The molecule has 1 saturated heterocycles. The second-order valence-corrected chi connectivity index (χ2v) is 5.45. The smallest absolute Gasteiger partial charge is 0.339 e. The SMILES string of the molecule is CCCN1CCCN(c2ccc(C(=O)OC)c(C)n2)CC1=O. The molecule has 1 amide bonds. The maximum atomic E-state index is 12.3. The van der Waals surface area contributed by atoms with E-state index in [0.717, 1.165) is 38.3 Å². The lowest BCUT2D eigenvalue weighted by molar-refractivity contribution is -0.129. The minimum atomic E-state index is -0.391. The molecule has 6 heteroatoms. The first-order chi connectivity index (χ1) is 10.6. The Balaban J connectivity index is 2.16. The highest BCUT2D eigenvalue weighted by atomic mass is 16.5. The normalized spacial score (nSPS) is 15.7. The summed E-state index contributed by atoms with van der Waals surface area (Å²) in [6.07, 6.45) is 1.89. The van der Waals surface area contributed by atoms with Crippen LogP contribution in [-0.4, -0.2) is 55.0 Å². The van der Waals surface area contributed by atoms with Crippen molar-refractivity contribution in [1.29, 1.82) is 0 Å². The van der Waals surface area contributed by atoms with Gasteiger partial charge in [0.15, 0.2) is 0 Å². The van der Waals surface area contributed by atoms with Gasteiger partial charge in [0.25, 0.3) is 0 Å². The predicted octanol–water partition coefficient (Wildman–Crippen LogP) is 1.63. The number of anilines is 1. The number of amides is 1. The quantitative estimate of drug-likeness (QED) is 0.791. The Kier molecular flexibility index (Phi) is 5.35. The molecular weight excluding hydrogens is 282 g/mol. The van der Waals surface area contributed by atoms with Crippen LogP contribution in [0, 0.1) is 6.92 Å². The molecule has 0 unspecified atom stereocenters. The Morgan fingerprint density at radius 3 is 2.77 bits per heavy atom. The molecule has 0 aliphatic carbocycles. The molecule has 6 nitrogen and oxygen atoms in total. The minimum absolute atomic E-state index is 0.135. The summed E-state index contributed by atoms with van der Waals surface area (Å²) in [5.41, 5.74) is 1.08. The number of hydrogen-bond donors (Lipinski definition) is 0. The molecule has 0 saturated carbocycles. The highest BCUT2D eigenvalue weighted by Crippen LogP contribution is 2.18. The van der Waals surface area contributed by atoms with E-state index in [0.29, 0.717) is 17.8 Å². The van der Waals surface area contributed by atoms with Crippen LogP contribution in [0.4, 0.5) is 5.82 Å². The second-order valence-electron chi connectivity index (χ2n) is 5.45. The van der Waals surface area contributed by atoms with Crippen LogP contribution in [0.1, 0.15) is 35.8 Å². The Hall–Kier alpha value is -2.11. The van der Waals surface area contributed by atoms with Gasteiger partial charge >= 0.3 is 5.97 Å². The summed E-state index contributed by atoms with van der Waals surface area (Å²) in [6.45, 7) is 6.58. The summed E-state index contributed by atoms with van der Waals surface area (Å²) >= 11 is 0. The first-order valence-electron chi connectivity index (χ1n) is 7.65. The Bertz CT molecular complexity index is 560. The van der Waals surface area contributed by atoms with E-state index in [-0.39, 0.29) is 5.91 Å². The standard InChI is InChI=1S/C16H23N3O3/c1-4-8-18-9-5-10-19(11-15(18)20)14-7-6-13(12(2)17-14)16(21)22-3/h6-7H,4-5,8-11H2,1-3H3. The number of hydrogen-bond acceptors (Lipinski definition) is 5. The van der Waals surface area contributed by atoms with Gasteiger partial charge in [0, 0.05) is 19.6 Å². The molecular formula is C16H23N3O3. The molecule has 1 fully saturated rings. The topological polar surface area (TPSA) is 62.7 Å². The van der Waals surface area contributed by atoms with E-state index in [4.69, 9.17) is 4.74 Å². The van der Waals surface area contributed by atoms with Crippen molar-refractivity contribution in [3.05, 3.63) is 23.4 Å². The summed E-state index contributed by atoms with van der Waals surface area (Å²) in [7, 11) is 1.35. The van der Waals surface area contributed by atoms with Crippen molar-refractivity contribution in [2.45, 2.75) is 26.7 Å². The molecule has 120 valence electrons. The van der Waals surface area contributed by atoms with Gasteiger partial charge in [-0.15, -0.1) is 0 Å². The van der Waals surface area contributed by atoms with Gasteiger partial charge in [-0.3, -0.25) is 4.79 Å². The Labute approximate surface area is 131 Å². The molecule has 0 radical (unpaired) electrons. The molecule has 0 N–H and O–H groups in total. The van der Waals surface area contributed by atoms with Gasteiger partial charge in [-0.05, 0) is 31.9 Å². The van der Waals surface area contributed by atoms with Crippen molar-refractivity contribution in [2.24, 2.45) is 0 Å². The van der Waals surface area contributed by atoms with Crippen LogP contribution < -0.4 is 4.90 Å². The fourth-order valence-corrected chi connectivity index (χ4v) is 2.67. The first-order valence-corrected chi connectivity index (χ1v) is 7.65. The summed E-state index contributed by atoms with van der Waals surface area (Å²) < 4.78 is 4.73. The average Bonchev–Trinajstić information content (AvgIpc) is 2.69. The number of rotatable bonds is 4. The Morgan fingerprint density at radius 1 is 1.36 bits per heavy atom. The zero-order valence-electron chi connectivity index (χ0n) is 13.5. The number of pyridine rings is 1. The van der Waals surface area contributed by atoms with Crippen LogP contribution in [0.3, 0.4) is 0 Å². The fraction of sp³-hybridized carbons (Fsp3) is 0.562. The first kappa shape index (κ1) is 16.3. The third kappa shape index (κ3) is 3.55. The minimum Gasteiger partial charge on any atom is -0.465 e. The highest BCUT2D eigenvalue weighted by molar-refractivity contribution is 5.90. The predicted molar refractivity (Wildman–Crippen MR) is 84.0 cm³/mol. The molecule has 1 aliphatic rings. The van der Waals surface area contributed by atoms with Crippen LogP contribution in [0.25, 0.3) is 0 Å². The van der Waals surface area contributed by atoms with E-state index in [1.165, 1.54) is 7.11 Å². The van der Waals surface area contributed by atoms with Crippen molar-refractivity contribution < 1.29 is 14.3 Å². The van der Waals surface area contributed by atoms with E-state index >= 15 is 0 Å². The van der Waals surface area contributed by atoms with E-state index in [1.54, 1.807) is 19.1 Å². The summed E-state index contributed by atoms with van der Waals surface area (Å²) in [6, 6.07) is 3.49. The number of esters is 1. The van der Waals surface area contributed by atoms with Gasteiger partial charge in [-0.25, -0.2) is 9.78 Å². The lowest BCUT2D eigenvalue weighted by Crippen LogP contribution is -2.37. The van der Waals surface area contributed by atoms with Crippen LogP contribution in [0.5, 0.6) is 0 Å². The van der Waals surface area contributed by atoms with E-state index < -0.39 is 5.97 Å².